The number of aliphatic hydroxyl groups excluding tert-OH is 1. The molecule has 0 saturated heterocycles. The maximum Gasteiger partial charge on any atom is 0.421 e. The summed E-state index contributed by atoms with van der Waals surface area (Å²) >= 11 is 0. The third-order valence-corrected chi connectivity index (χ3v) is 4.82. The highest BCUT2D eigenvalue weighted by atomic mass is 19.4. The molecule has 3 aromatic rings. The molecular formula is C22H24F3N5O. The monoisotopic (exact) mass is 431 g/mol. The number of rotatable bonds is 8. The molecule has 0 bridgehead atoms. The van der Waals surface area contributed by atoms with E-state index in [-0.39, 0.29) is 11.8 Å². The molecule has 1 aromatic carbocycles. The molecular weight excluding hydrogens is 407 g/mol. The van der Waals surface area contributed by atoms with E-state index in [1.165, 1.54) is 0 Å². The van der Waals surface area contributed by atoms with Crippen LogP contribution in [0.1, 0.15) is 31.4 Å². The van der Waals surface area contributed by atoms with Crippen LogP contribution in [0.15, 0.2) is 54.9 Å². The fourth-order valence-electron chi connectivity index (χ4n) is 2.96. The van der Waals surface area contributed by atoms with Gasteiger partial charge in [-0.15, -0.1) is 0 Å². The van der Waals surface area contributed by atoms with E-state index in [1.807, 2.05) is 42.5 Å². The van der Waals surface area contributed by atoms with E-state index in [2.05, 4.69) is 25.6 Å². The lowest BCUT2D eigenvalue weighted by atomic mass is 10.1. The summed E-state index contributed by atoms with van der Waals surface area (Å²) in [5.41, 5.74) is 1.75. The van der Waals surface area contributed by atoms with Crippen molar-refractivity contribution >= 4 is 11.8 Å². The maximum absolute atomic E-state index is 13.3. The molecule has 164 valence electrons. The zero-order valence-electron chi connectivity index (χ0n) is 17.2. The van der Waals surface area contributed by atoms with Gasteiger partial charge in [0.1, 0.15) is 11.4 Å². The van der Waals surface area contributed by atoms with E-state index in [4.69, 9.17) is 0 Å². The normalized spacial score (nSPS) is 13.5. The van der Waals surface area contributed by atoms with Crippen LogP contribution in [0.4, 0.5) is 24.9 Å². The van der Waals surface area contributed by atoms with Crippen LogP contribution in [0.2, 0.25) is 0 Å². The first-order valence-electron chi connectivity index (χ1n) is 9.91. The molecule has 0 radical (unpaired) electrons. The van der Waals surface area contributed by atoms with Crippen LogP contribution < -0.4 is 10.6 Å². The summed E-state index contributed by atoms with van der Waals surface area (Å²) in [7, 11) is 0. The Morgan fingerprint density at radius 1 is 1.06 bits per heavy atom. The lowest BCUT2D eigenvalue weighted by molar-refractivity contribution is -0.137. The van der Waals surface area contributed by atoms with E-state index in [0.717, 1.165) is 23.0 Å². The highest BCUT2D eigenvalue weighted by Crippen LogP contribution is 2.34. The van der Waals surface area contributed by atoms with Crippen molar-refractivity contribution in [2.24, 2.45) is 0 Å². The third-order valence-electron chi connectivity index (χ3n) is 4.82. The van der Waals surface area contributed by atoms with Crippen molar-refractivity contribution in [3.05, 3.63) is 66.0 Å². The number of benzene rings is 1. The smallest absolute Gasteiger partial charge is 0.391 e. The van der Waals surface area contributed by atoms with Crippen LogP contribution in [0, 0.1) is 0 Å². The van der Waals surface area contributed by atoms with Gasteiger partial charge in [0, 0.05) is 24.5 Å². The summed E-state index contributed by atoms with van der Waals surface area (Å²) in [6, 6.07) is 12.7. The van der Waals surface area contributed by atoms with Crippen LogP contribution in [-0.4, -0.2) is 32.2 Å². The Morgan fingerprint density at radius 2 is 1.81 bits per heavy atom. The Labute approximate surface area is 178 Å². The predicted octanol–water partition coefficient (Wildman–Crippen LogP) is 4.74. The summed E-state index contributed by atoms with van der Waals surface area (Å²) in [6.45, 7) is 3.69. The van der Waals surface area contributed by atoms with Gasteiger partial charge in [0.25, 0.3) is 0 Å². The molecule has 2 aromatic heterocycles. The number of hydrogen-bond acceptors (Lipinski definition) is 6. The van der Waals surface area contributed by atoms with E-state index in [1.54, 1.807) is 20.0 Å². The zero-order chi connectivity index (χ0) is 22.4. The van der Waals surface area contributed by atoms with Crippen LogP contribution in [0.3, 0.4) is 0 Å². The van der Waals surface area contributed by atoms with Crippen LogP contribution in [-0.2, 0) is 12.7 Å². The minimum absolute atomic E-state index is 0.0579. The number of halogens is 3. The number of hydrogen-bond donors (Lipinski definition) is 3. The number of pyridine rings is 1. The third kappa shape index (κ3) is 5.91. The second-order valence-electron chi connectivity index (χ2n) is 7.13. The van der Waals surface area contributed by atoms with Gasteiger partial charge in [0.2, 0.25) is 5.95 Å². The molecule has 2 heterocycles. The molecule has 0 aliphatic heterocycles. The van der Waals surface area contributed by atoms with Gasteiger partial charge in [-0.05, 0) is 31.0 Å². The summed E-state index contributed by atoms with van der Waals surface area (Å²) in [6.07, 6.45) is -2.55. The number of nitrogens with one attached hydrogen (secondary N) is 2. The number of aromatic nitrogens is 3. The molecule has 3 N–H and O–H groups in total. The fourth-order valence-corrected chi connectivity index (χ4v) is 2.96. The van der Waals surface area contributed by atoms with Crippen molar-refractivity contribution in [3.63, 3.8) is 0 Å². The summed E-state index contributed by atoms with van der Waals surface area (Å²) < 4.78 is 40.0. The Hall–Kier alpha value is -3.20. The average Bonchev–Trinajstić information content (AvgIpc) is 2.77. The summed E-state index contributed by atoms with van der Waals surface area (Å²) in [5, 5.41) is 15.5. The van der Waals surface area contributed by atoms with Gasteiger partial charge in [0.05, 0.1) is 17.8 Å². The van der Waals surface area contributed by atoms with Crippen molar-refractivity contribution in [3.8, 4) is 11.3 Å². The molecule has 0 aliphatic carbocycles. The van der Waals surface area contributed by atoms with Gasteiger partial charge < -0.3 is 15.7 Å². The van der Waals surface area contributed by atoms with Gasteiger partial charge >= 0.3 is 6.18 Å². The van der Waals surface area contributed by atoms with Gasteiger partial charge in [0.15, 0.2) is 0 Å². The second kappa shape index (κ2) is 9.74. The summed E-state index contributed by atoms with van der Waals surface area (Å²) in [5.74, 6) is -0.307. The van der Waals surface area contributed by atoms with Crippen molar-refractivity contribution in [1.29, 1.82) is 0 Å². The van der Waals surface area contributed by atoms with Gasteiger partial charge in [-0.2, -0.15) is 18.2 Å². The molecule has 0 unspecified atom stereocenters. The van der Waals surface area contributed by atoms with Crippen LogP contribution in [0.25, 0.3) is 11.3 Å². The average molecular weight is 431 g/mol. The number of anilines is 2. The van der Waals surface area contributed by atoms with Crippen molar-refractivity contribution in [2.75, 3.05) is 10.6 Å². The molecule has 0 amide bonds. The predicted molar refractivity (Wildman–Crippen MR) is 113 cm³/mol. The topological polar surface area (TPSA) is 83.0 Å². The second-order valence-corrected chi connectivity index (χ2v) is 7.13. The highest BCUT2D eigenvalue weighted by Gasteiger charge is 2.36. The van der Waals surface area contributed by atoms with Gasteiger partial charge in [-0.1, -0.05) is 37.3 Å². The maximum atomic E-state index is 13.3. The molecule has 0 fully saturated rings. The minimum atomic E-state index is -4.61. The van der Waals surface area contributed by atoms with E-state index < -0.39 is 23.9 Å². The number of nitrogens with zero attached hydrogens (tertiary/aromatic N) is 3. The van der Waals surface area contributed by atoms with E-state index in [0.29, 0.717) is 13.0 Å². The van der Waals surface area contributed by atoms with Crippen molar-refractivity contribution in [1.82, 2.24) is 15.0 Å². The SMILES string of the molecule is CC[C@H](O)[C@@H](C)Nc1nc(NCc2ccc(-c3ccccn3)cc2)ncc1C(F)(F)F. The molecule has 0 saturated carbocycles. The van der Waals surface area contributed by atoms with Crippen LogP contribution in [0.5, 0.6) is 0 Å². The molecule has 31 heavy (non-hydrogen) atoms. The largest absolute Gasteiger partial charge is 0.421 e. The summed E-state index contributed by atoms with van der Waals surface area (Å²) in [4.78, 5) is 12.1. The fraction of sp³-hybridized carbons (Fsp3) is 0.318. The van der Waals surface area contributed by atoms with Crippen molar-refractivity contribution in [2.45, 2.75) is 45.1 Å². The lowest BCUT2D eigenvalue weighted by Crippen LogP contribution is -2.31. The number of aliphatic hydroxyl groups is 1. The zero-order valence-corrected chi connectivity index (χ0v) is 17.2. The highest BCUT2D eigenvalue weighted by molar-refractivity contribution is 5.59. The Morgan fingerprint density at radius 3 is 2.42 bits per heavy atom. The lowest BCUT2D eigenvalue weighted by Gasteiger charge is -2.22. The quantitative estimate of drug-likeness (QED) is 0.478. The molecule has 0 aliphatic rings. The Bertz CT molecular complexity index is 981. The molecule has 9 heteroatoms. The number of alkyl halides is 3. The molecule has 2 atom stereocenters. The Balaban J connectivity index is 1.73. The van der Waals surface area contributed by atoms with Gasteiger partial charge in [-0.25, -0.2) is 4.98 Å². The van der Waals surface area contributed by atoms with E-state index in [9.17, 15) is 18.3 Å². The van der Waals surface area contributed by atoms with Gasteiger partial charge in [-0.3, -0.25) is 4.98 Å². The Kier molecular flexibility index (Phi) is 7.06. The van der Waals surface area contributed by atoms with Crippen LogP contribution >= 0.6 is 0 Å². The first-order valence-corrected chi connectivity index (χ1v) is 9.91. The van der Waals surface area contributed by atoms with Crippen molar-refractivity contribution < 1.29 is 18.3 Å². The first kappa shape index (κ1) is 22.5. The standard InChI is InChI=1S/C22H24F3N5O/c1-3-19(31)14(2)29-20-17(22(23,24)25)13-28-21(30-20)27-12-15-7-9-16(10-8-15)18-6-4-5-11-26-18/h4-11,13-14,19,31H,3,12H2,1-2H3,(H2,27,28,29,30)/t14-,19+/m1/s1. The minimum Gasteiger partial charge on any atom is -0.391 e. The molecule has 0 spiro atoms. The van der Waals surface area contributed by atoms with E-state index >= 15 is 0 Å². The molecule has 3 rings (SSSR count). The first-order chi connectivity index (χ1) is 14.8. The molecule has 6 nitrogen and oxygen atoms in total.